The zero-order chi connectivity index (χ0) is 16.2. The van der Waals surface area contributed by atoms with E-state index in [1.807, 2.05) is 5.38 Å². The van der Waals surface area contributed by atoms with Crippen LogP contribution in [0.4, 0.5) is 9.52 Å². The van der Waals surface area contributed by atoms with Gasteiger partial charge in [-0.25, -0.2) is 9.37 Å². The highest BCUT2D eigenvalue weighted by Gasteiger charge is 2.05. The van der Waals surface area contributed by atoms with E-state index in [4.69, 9.17) is 0 Å². The lowest BCUT2D eigenvalue weighted by molar-refractivity contribution is 0.626. The number of nitrogens with one attached hydrogen (secondary N) is 1. The molecule has 3 nitrogen and oxygen atoms in total. The molecule has 1 heterocycles. The van der Waals surface area contributed by atoms with Crippen molar-refractivity contribution >= 4 is 22.7 Å². The van der Waals surface area contributed by atoms with Crippen molar-refractivity contribution < 1.29 is 4.39 Å². The highest BCUT2D eigenvalue weighted by molar-refractivity contribution is 7.14. The van der Waals surface area contributed by atoms with Gasteiger partial charge in [0.05, 0.1) is 11.9 Å². The lowest BCUT2D eigenvalue weighted by Crippen LogP contribution is -1.92. The lowest BCUT2D eigenvalue weighted by atomic mass is 10.1. The third kappa shape index (κ3) is 3.63. The zero-order valence-corrected chi connectivity index (χ0v) is 13.7. The Balaban J connectivity index is 1.72. The van der Waals surface area contributed by atoms with Crippen molar-refractivity contribution in [3.05, 3.63) is 70.4 Å². The van der Waals surface area contributed by atoms with E-state index in [9.17, 15) is 4.39 Å². The molecule has 0 aliphatic rings. The van der Waals surface area contributed by atoms with Gasteiger partial charge in [-0.2, -0.15) is 5.10 Å². The van der Waals surface area contributed by atoms with E-state index in [-0.39, 0.29) is 5.82 Å². The summed E-state index contributed by atoms with van der Waals surface area (Å²) in [6.07, 6.45) is 1.45. The van der Waals surface area contributed by atoms with Crippen molar-refractivity contribution in [1.82, 2.24) is 4.98 Å². The molecule has 3 aromatic rings. The molecule has 23 heavy (non-hydrogen) atoms. The number of thiazole rings is 1. The van der Waals surface area contributed by atoms with Gasteiger partial charge in [-0.1, -0.05) is 30.3 Å². The molecule has 0 aliphatic heterocycles. The summed E-state index contributed by atoms with van der Waals surface area (Å²) >= 11 is 1.46. The second-order valence-electron chi connectivity index (χ2n) is 5.23. The first-order chi connectivity index (χ1) is 11.1. The Bertz CT molecular complexity index is 855. The van der Waals surface area contributed by atoms with Gasteiger partial charge in [0.1, 0.15) is 5.82 Å². The molecule has 0 radical (unpaired) electrons. The molecule has 3 rings (SSSR count). The van der Waals surface area contributed by atoms with Crippen LogP contribution >= 0.6 is 11.3 Å². The first-order valence-electron chi connectivity index (χ1n) is 7.20. The summed E-state index contributed by atoms with van der Waals surface area (Å²) in [7, 11) is 0. The number of hydrogen-bond donors (Lipinski definition) is 1. The maximum atomic E-state index is 13.5. The quantitative estimate of drug-likeness (QED) is 0.540. The summed E-state index contributed by atoms with van der Waals surface area (Å²) in [6, 6.07) is 12.8. The fraction of sp³-hybridized carbons (Fsp3) is 0.111. The number of benzene rings is 2. The van der Waals surface area contributed by atoms with E-state index in [2.05, 4.69) is 47.6 Å². The van der Waals surface area contributed by atoms with Crippen LogP contribution in [0.25, 0.3) is 11.3 Å². The van der Waals surface area contributed by atoms with Crippen molar-refractivity contribution in [2.24, 2.45) is 5.10 Å². The van der Waals surface area contributed by atoms with Crippen LogP contribution in [0.1, 0.15) is 16.7 Å². The van der Waals surface area contributed by atoms with E-state index in [0.717, 1.165) is 11.3 Å². The van der Waals surface area contributed by atoms with Crippen LogP contribution in [0.15, 0.2) is 52.9 Å². The van der Waals surface area contributed by atoms with Crippen LogP contribution in [0.2, 0.25) is 0 Å². The maximum absolute atomic E-state index is 13.5. The van der Waals surface area contributed by atoms with Crippen LogP contribution in [0.3, 0.4) is 0 Å². The number of aromatic nitrogens is 1. The Morgan fingerprint density at radius 3 is 2.74 bits per heavy atom. The van der Waals surface area contributed by atoms with Gasteiger partial charge in [0.15, 0.2) is 0 Å². The predicted molar refractivity (Wildman–Crippen MR) is 94.6 cm³/mol. The molecule has 0 unspecified atom stereocenters. The highest BCUT2D eigenvalue weighted by atomic mass is 32.1. The summed E-state index contributed by atoms with van der Waals surface area (Å²) in [5.74, 6) is -0.298. The largest absolute Gasteiger partial charge is 0.253 e. The number of hydrogen-bond acceptors (Lipinski definition) is 4. The van der Waals surface area contributed by atoms with Gasteiger partial charge in [-0.05, 0) is 37.1 Å². The van der Waals surface area contributed by atoms with Gasteiger partial charge in [-0.15, -0.1) is 11.3 Å². The van der Waals surface area contributed by atoms with Gasteiger partial charge in [0.2, 0.25) is 5.13 Å². The molecule has 0 aliphatic carbocycles. The molecule has 1 N–H and O–H groups in total. The maximum Gasteiger partial charge on any atom is 0.203 e. The average molecular weight is 325 g/mol. The molecule has 0 bridgehead atoms. The third-order valence-electron chi connectivity index (χ3n) is 3.58. The Morgan fingerprint density at radius 2 is 1.96 bits per heavy atom. The standard InChI is InChI=1S/C18H16FN3S/c1-12-7-8-14(9-13(12)2)17-11-23-18(21-17)22-20-10-15-5-3-4-6-16(15)19/h3-11H,1-2H3,(H,21,22)/b20-10-. The minimum atomic E-state index is -0.298. The third-order valence-corrected chi connectivity index (χ3v) is 4.32. The summed E-state index contributed by atoms with van der Waals surface area (Å²) in [5.41, 5.74) is 7.77. The topological polar surface area (TPSA) is 37.3 Å². The second-order valence-corrected chi connectivity index (χ2v) is 6.09. The number of rotatable bonds is 4. The molecular weight excluding hydrogens is 309 g/mol. The average Bonchev–Trinajstić information content (AvgIpc) is 3.01. The molecule has 1 aromatic heterocycles. The van der Waals surface area contributed by atoms with Crippen LogP contribution in [0.5, 0.6) is 0 Å². The van der Waals surface area contributed by atoms with Crippen molar-refractivity contribution in [1.29, 1.82) is 0 Å². The smallest absolute Gasteiger partial charge is 0.203 e. The normalized spacial score (nSPS) is 11.1. The number of halogens is 1. The van der Waals surface area contributed by atoms with Crippen molar-refractivity contribution in [2.45, 2.75) is 13.8 Å². The van der Waals surface area contributed by atoms with Crippen LogP contribution < -0.4 is 5.43 Å². The van der Waals surface area contributed by atoms with Gasteiger partial charge in [-0.3, -0.25) is 5.43 Å². The van der Waals surface area contributed by atoms with Crippen molar-refractivity contribution in [3.63, 3.8) is 0 Å². The summed E-state index contributed by atoms with van der Waals surface area (Å²) in [4.78, 5) is 4.50. The van der Waals surface area contributed by atoms with Gasteiger partial charge >= 0.3 is 0 Å². The molecule has 0 saturated heterocycles. The molecular formula is C18H16FN3S. The van der Waals surface area contributed by atoms with Crippen molar-refractivity contribution in [3.8, 4) is 11.3 Å². The fourth-order valence-electron chi connectivity index (χ4n) is 2.10. The number of aryl methyl sites for hydroxylation is 2. The summed E-state index contributed by atoms with van der Waals surface area (Å²) in [5, 5.41) is 6.69. The molecule has 0 amide bonds. The van der Waals surface area contributed by atoms with Gasteiger partial charge in [0.25, 0.3) is 0 Å². The molecule has 116 valence electrons. The molecule has 2 aromatic carbocycles. The van der Waals surface area contributed by atoms with Gasteiger partial charge < -0.3 is 0 Å². The number of anilines is 1. The fourth-order valence-corrected chi connectivity index (χ4v) is 2.76. The van der Waals surface area contributed by atoms with Crippen LogP contribution in [-0.2, 0) is 0 Å². The Hall–Kier alpha value is -2.53. The van der Waals surface area contributed by atoms with E-state index in [1.54, 1.807) is 18.2 Å². The lowest BCUT2D eigenvalue weighted by Gasteiger charge is -2.02. The van der Waals surface area contributed by atoms with Gasteiger partial charge in [0, 0.05) is 16.5 Å². The molecule has 5 heteroatoms. The molecule has 0 atom stereocenters. The summed E-state index contributed by atoms with van der Waals surface area (Å²) < 4.78 is 13.5. The molecule has 0 spiro atoms. The van der Waals surface area contributed by atoms with Crippen molar-refractivity contribution in [2.75, 3.05) is 5.43 Å². The minimum absolute atomic E-state index is 0.298. The van der Waals surface area contributed by atoms with E-state index in [0.29, 0.717) is 10.7 Å². The van der Waals surface area contributed by atoms with Crippen LogP contribution in [-0.4, -0.2) is 11.2 Å². The SMILES string of the molecule is Cc1ccc(-c2csc(N/N=C\c3ccccc3F)n2)cc1C. The Labute approximate surface area is 138 Å². The second kappa shape index (κ2) is 6.71. The molecule has 0 saturated carbocycles. The highest BCUT2D eigenvalue weighted by Crippen LogP contribution is 2.26. The number of nitrogens with zero attached hydrogens (tertiary/aromatic N) is 2. The van der Waals surface area contributed by atoms with E-state index < -0.39 is 0 Å². The molecule has 0 fully saturated rings. The van der Waals surface area contributed by atoms with E-state index >= 15 is 0 Å². The van der Waals surface area contributed by atoms with Crippen LogP contribution in [0, 0.1) is 19.7 Å². The Kier molecular flexibility index (Phi) is 4.48. The summed E-state index contributed by atoms with van der Waals surface area (Å²) in [6.45, 7) is 4.17. The minimum Gasteiger partial charge on any atom is -0.253 e. The first kappa shape index (κ1) is 15.4. The monoisotopic (exact) mass is 325 g/mol. The van der Waals surface area contributed by atoms with E-state index in [1.165, 1.54) is 34.7 Å². The Morgan fingerprint density at radius 1 is 1.13 bits per heavy atom. The zero-order valence-electron chi connectivity index (χ0n) is 12.9. The number of hydrazone groups is 1. The predicted octanol–water partition coefficient (Wildman–Crippen LogP) is 5.01. The first-order valence-corrected chi connectivity index (χ1v) is 8.08.